The molecule has 4 aliphatic rings. The highest BCUT2D eigenvalue weighted by Crippen LogP contribution is 2.40. The minimum Gasteiger partial charge on any atom is -0.386 e. The Morgan fingerprint density at radius 3 is 2.33 bits per heavy atom. The van der Waals surface area contributed by atoms with Crippen LogP contribution in [0.4, 0.5) is 29.3 Å². The summed E-state index contributed by atoms with van der Waals surface area (Å²) in [6.07, 6.45) is -1.18. The molecule has 0 unspecified atom stereocenters. The molecule has 2 aromatic rings. The van der Waals surface area contributed by atoms with Crippen molar-refractivity contribution in [2.75, 3.05) is 76.6 Å². The van der Waals surface area contributed by atoms with E-state index in [4.69, 9.17) is 11.6 Å². The summed E-state index contributed by atoms with van der Waals surface area (Å²) in [4.78, 5) is 48.7. The van der Waals surface area contributed by atoms with E-state index >= 15 is 0 Å². The van der Waals surface area contributed by atoms with Crippen molar-refractivity contribution < 1.29 is 27.6 Å². The topological polar surface area (TPSA) is 100 Å². The first-order chi connectivity index (χ1) is 23.5. The van der Waals surface area contributed by atoms with Gasteiger partial charge < -0.3 is 30.7 Å². The molecule has 4 aliphatic heterocycles. The van der Waals surface area contributed by atoms with Gasteiger partial charge in [0.05, 0.1) is 27.9 Å². The van der Waals surface area contributed by atoms with Crippen LogP contribution in [-0.2, 0) is 28.6 Å². The van der Waals surface area contributed by atoms with E-state index in [1.165, 1.54) is 13.1 Å². The zero-order valence-electron chi connectivity index (χ0n) is 27.8. The number of carbonyl (C=O) groups is 3. The van der Waals surface area contributed by atoms with Crippen molar-refractivity contribution in [3.05, 3.63) is 44.6 Å². The minimum absolute atomic E-state index is 0.0141. The van der Waals surface area contributed by atoms with Gasteiger partial charge in [-0.05, 0) is 67.2 Å². The van der Waals surface area contributed by atoms with Crippen LogP contribution in [0.1, 0.15) is 48.8 Å². The second-order valence-corrected chi connectivity index (χ2v) is 14.6. The molecule has 5 heterocycles. The minimum atomic E-state index is -4.65. The van der Waals surface area contributed by atoms with E-state index in [0.29, 0.717) is 51.6 Å². The molecule has 0 aliphatic carbocycles. The molecule has 3 fully saturated rings. The predicted molar refractivity (Wildman–Crippen MR) is 185 cm³/mol. The fourth-order valence-electron chi connectivity index (χ4n) is 7.82. The number of nitrogens with one attached hydrogen (secondary N) is 3. The van der Waals surface area contributed by atoms with Gasteiger partial charge in [-0.1, -0.05) is 11.6 Å². The number of rotatable bonds is 8. The molecule has 4 amide bonds. The van der Waals surface area contributed by atoms with Crippen molar-refractivity contribution in [2.45, 2.75) is 63.2 Å². The molecule has 0 saturated carbocycles. The standard InChI is InChI=1S/C34H45ClF3N7O3S/c1-39-31-27(34(36,37)38)17-22(18-28(31)35)16-24(32(47)44-11-3-25(4-12-44)42-14-7-40-8-15-42)19-30(46)43-9-5-26(6-10-43)45-13-2-23-20-49-21-29(23)41-33(45)48/h17-18,20-21,24-26,39-40H,2-16,19H2,1H3,(H,41,48)/t24-/m0/s1. The van der Waals surface area contributed by atoms with Crippen LogP contribution in [-0.4, -0.2) is 115 Å². The zero-order chi connectivity index (χ0) is 34.7. The normalized spacial score (nSPS) is 20.8. The molecule has 0 radical (unpaired) electrons. The second-order valence-electron chi connectivity index (χ2n) is 13.5. The van der Waals surface area contributed by atoms with Gasteiger partial charge in [-0.2, -0.15) is 13.2 Å². The van der Waals surface area contributed by atoms with Gasteiger partial charge in [-0.3, -0.25) is 14.5 Å². The van der Waals surface area contributed by atoms with Crippen molar-refractivity contribution >= 4 is 52.2 Å². The largest absolute Gasteiger partial charge is 0.418 e. The summed E-state index contributed by atoms with van der Waals surface area (Å²) >= 11 is 7.88. The third-order valence-electron chi connectivity index (χ3n) is 10.5. The second kappa shape index (κ2) is 15.4. The number of halogens is 4. The lowest BCUT2D eigenvalue weighted by Crippen LogP contribution is -2.53. The number of nitrogens with zero attached hydrogens (tertiary/aromatic N) is 4. The number of hydrogen-bond acceptors (Lipinski definition) is 7. The number of amides is 4. The zero-order valence-corrected chi connectivity index (χ0v) is 29.4. The number of anilines is 2. The number of alkyl halides is 3. The fourth-order valence-corrected chi connectivity index (χ4v) is 8.98. The van der Waals surface area contributed by atoms with Crippen molar-refractivity contribution in [1.82, 2.24) is 24.9 Å². The molecule has 1 atom stereocenters. The van der Waals surface area contributed by atoms with E-state index in [0.717, 1.165) is 62.8 Å². The third-order valence-corrected chi connectivity index (χ3v) is 11.6. The number of urea groups is 1. The molecule has 0 bridgehead atoms. The first-order valence-corrected chi connectivity index (χ1v) is 18.5. The lowest BCUT2D eigenvalue weighted by atomic mass is 9.91. The number of thiophene rings is 1. The summed E-state index contributed by atoms with van der Waals surface area (Å²) in [7, 11) is 1.38. The molecular formula is C34H45ClF3N7O3S. The number of hydrogen-bond donors (Lipinski definition) is 3. The van der Waals surface area contributed by atoms with Crippen LogP contribution in [0.25, 0.3) is 0 Å². The van der Waals surface area contributed by atoms with Crippen LogP contribution in [0.5, 0.6) is 0 Å². The molecule has 1 aromatic carbocycles. The number of fused-ring (bicyclic) bond motifs is 1. The van der Waals surface area contributed by atoms with E-state index in [2.05, 4.69) is 26.2 Å². The van der Waals surface area contributed by atoms with Gasteiger partial charge in [-0.15, -0.1) is 11.3 Å². The Kier molecular flexibility index (Phi) is 11.3. The Morgan fingerprint density at radius 1 is 0.980 bits per heavy atom. The Bertz CT molecular complexity index is 1500. The molecule has 15 heteroatoms. The molecule has 6 rings (SSSR count). The number of piperidine rings is 2. The Balaban J connectivity index is 1.13. The van der Waals surface area contributed by atoms with Gasteiger partial charge in [0.25, 0.3) is 0 Å². The van der Waals surface area contributed by atoms with E-state index in [9.17, 15) is 27.6 Å². The Hall–Kier alpha value is -3.07. The maximum absolute atomic E-state index is 14.1. The van der Waals surface area contributed by atoms with E-state index < -0.39 is 17.7 Å². The quantitative estimate of drug-likeness (QED) is 0.355. The first kappa shape index (κ1) is 35.7. The van der Waals surface area contributed by atoms with Gasteiger partial charge in [0.1, 0.15) is 0 Å². The first-order valence-electron chi connectivity index (χ1n) is 17.2. The lowest BCUT2D eigenvalue weighted by Gasteiger charge is -2.41. The van der Waals surface area contributed by atoms with E-state index in [1.54, 1.807) is 21.1 Å². The fraction of sp³-hybridized carbons (Fsp3) is 0.618. The highest BCUT2D eigenvalue weighted by atomic mass is 35.5. The maximum atomic E-state index is 14.1. The molecule has 0 spiro atoms. The van der Waals surface area contributed by atoms with Crippen molar-refractivity contribution in [2.24, 2.45) is 5.92 Å². The van der Waals surface area contributed by atoms with Crippen LogP contribution in [0.2, 0.25) is 5.02 Å². The van der Waals surface area contributed by atoms with Crippen molar-refractivity contribution in [1.29, 1.82) is 0 Å². The highest BCUT2D eigenvalue weighted by Gasteiger charge is 2.38. The number of piperazine rings is 1. The highest BCUT2D eigenvalue weighted by molar-refractivity contribution is 7.08. The smallest absolute Gasteiger partial charge is 0.386 e. The number of likely N-dealkylation sites (tertiary alicyclic amines) is 2. The Labute approximate surface area is 294 Å². The summed E-state index contributed by atoms with van der Waals surface area (Å²) in [6, 6.07) is 2.73. The van der Waals surface area contributed by atoms with Gasteiger partial charge in [-0.25, -0.2) is 4.79 Å². The average molecular weight is 724 g/mol. The molecular weight excluding hydrogens is 679 g/mol. The molecule has 268 valence electrons. The summed E-state index contributed by atoms with van der Waals surface area (Å²) < 4.78 is 42.1. The lowest BCUT2D eigenvalue weighted by molar-refractivity contribution is -0.143. The van der Waals surface area contributed by atoms with Gasteiger partial charge in [0, 0.05) is 89.8 Å². The summed E-state index contributed by atoms with van der Waals surface area (Å²) in [5.41, 5.74) is 1.13. The van der Waals surface area contributed by atoms with Crippen LogP contribution in [0.15, 0.2) is 22.9 Å². The van der Waals surface area contributed by atoms with Gasteiger partial charge >= 0.3 is 12.2 Å². The van der Waals surface area contributed by atoms with Crippen molar-refractivity contribution in [3.8, 4) is 0 Å². The SMILES string of the molecule is CNc1c(Cl)cc(C[C@@H](CC(=O)N2CCC(N3CCc4cscc4NC3=O)CC2)C(=O)N2CCC(N3CCNCC3)CC2)cc1C(F)(F)F. The summed E-state index contributed by atoms with van der Waals surface area (Å²) in [6.45, 7) is 6.38. The van der Waals surface area contributed by atoms with Crippen molar-refractivity contribution in [3.63, 3.8) is 0 Å². The molecule has 49 heavy (non-hydrogen) atoms. The van der Waals surface area contributed by atoms with E-state index in [-0.39, 0.29) is 53.0 Å². The molecule has 3 saturated heterocycles. The monoisotopic (exact) mass is 723 g/mol. The number of benzene rings is 1. The summed E-state index contributed by atoms with van der Waals surface area (Å²) in [5.74, 6) is -1.25. The predicted octanol–water partition coefficient (Wildman–Crippen LogP) is 4.99. The van der Waals surface area contributed by atoms with Crippen LogP contribution in [0, 0.1) is 5.92 Å². The third kappa shape index (κ3) is 8.29. The van der Waals surface area contributed by atoms with Crippen LogP contribution < -0.4 is 16.0 Å². The Morgan fingerprint density at radius 2 is 1.65 bits per heavy atom. The molecule has 1 aromatic heterocycles. The average Bonchev–Trinajstić information content (AvgIpc) is 3.47. The van der Waals surface area contributed by atoms with E-state index in [1.807, 2.05) is 10.3 Å². The molecule has 3 N–H and O–H groups in total. The molecule has 10 nitrogen and oxygen atoms in total. The summed E-state index contributed by atoms with van der Waals surface area (Å²) in [5, 5.41) is 12.8. The van der Waals surface area contributed by atoms with Crippen LogP contribution >= 0.6 is 22.9 Å². The van der Waals surface area contributed by atoms with Crippen LogP contribution in [0.3, 0.4) is 0 Å². The maximum Gasteiger partial charge on any atom is 0.418 e. The number of carbonyl (C=O) groups excluding carboxylic acids is 3. The van der Waals surface area contributed by atoms with Gasteiger partial charge in [0.15, 0.2) is 0 Å². The van der Waals surface area contributed by atoms with Gasteiger partial charge in [0.2, 0.25) is 11.8 Å².